The molecule has 0 radical (unpaired) electrons. The molecule has 1 amide bonds. The Balaban J connectivity index is 2.30. The molecule has 2 atom stereocenters. The fourth-order valence-corrected chi connectivity index (χ4v) is 3.16. The second kappa shape index (κ2) is 8.66. The molecule has 0 spiro atoms. The number of amides is 1. The molecule has 1 rings (SSSR count). The Kier molecular flexibility index (Phi) is 7.57. The van der Waals surface area contributed by atoms with Gasteiger partial charge in [-0.1, -0.05) is 46.5 Å². The predicted molar refractivity (Wildman–Crippen MR) is 85.4 cm³/mol. The number of carbonyl (C=O) groups is 1. The van der Waals surface area contributed by atoms with Crippen molar-refractivity contribution in [1.29, 1.82) is 0 Å². The van der Waals surface area contributed by atoms with Gasteiger partial charge in [0.15, 0.2) is 0 Å². The van der Waals surface area contributed by atoms with E-state index in [2.05, 4.69) is 26.1 Å². The van der Waals surface area contributed by atoms with Gasteiger partial charge in [0.1, 0.15) is 0 Å². The fourth-order valence-electron chi connectivity index (χ4n) is 3.16. The van der Waals surface area contributed by atoms with Crippen LogP contribution in [-0.4, -0.2) is 19.0 Å². The van der Waals surface area contributed by atoms with Crippen LogP contribution in [0.25, 0.3) is 0 Å². The second-order valence-electron chi connectivity index (χ2n) is 7.30. The number of hydrogen-bond acceptors (Lipinski definition) is 2. The summed E-state index contributed by atoms with van der Waals surface area (Å²) >= 11 is 0. The van der Waals surface area contributed by atoms with Gasteiger partial charge in [-0.05, 0) is 43.6 Å². The van der Waals surface area contributed by atoms with E-state index >= 15 is 0 Å². The molecule has 0 bridgehead atoms. The molecule has 0 heterocycles. The fraction of sp³-hybridized carbons (Fsp3) is 0.941. The van der Waals surface area contributed by atoms with Crippen LogP contribution >= 0.6 is 0 Å². The molecule has 20 heavy (non-hydrogen) atoms. The molecule has 0 aromatic carbocycles. The summed E-state index contributed by atoms with van der Waals surface area (Å²) in [6.07, 6.45) is 9.37. The number of nitrogens with two attached hydrogens (primary N) is 1. The lowest BCUT2D eigenvalue weighted by atomic mass is 9.80. The van der Waals surface area contributed by atoms with E-state index in [4.69, 9.17) is 5.73 Å². The summed E-state index contributed by atoms with van der Waals surface area (Å²) in [6, 6.07) is 0. The molecule has 1 aliphatic carbocycles. The topological polar surface area (TPSA) is 55.1 Å². The lowest BCUT2D eigenvalue weighted by Crippen LogP contribution is -2.39. The van der Waals surface area contributed by atoms with Crippen LogP contribution in [0.4, 0.5) is 0 Å². The van der Waals surface area contributed by atoms with E-state index in [1.807, 2.05) is 0 Å². The van der Waals surface area contributed by atoms with Crippen molar-refractivity contribution in [3.8, 4) is 0 Å². The molecule has 3 N–H and O–H groups in total. The van der Waals surface area contributed by atoms with Gasteiger partial charge in [-0.15, -0.1) is 0 Å². The largest absolute Gasteiger partial charge is 0.355 e. The van der Waals surface area contributed by atoms with Gasteiger partial charge < -0.3 is 11.1 Å². The zero-order valence-electron chi connectivity index (χ0n) is 13.7. The minimum atomic E-state index is 0.198. The van der Waals surface area contributed by atoms with Crippen LogP contribution in [0.15, 0.2) is 0 Å². The zero-order valence-corrected chi connectivity index (χ0v) is 13.7. The first-order valence-corrected chi connectivity index (χ1v) is 8.46. The van der Waals surface area contributed by atoms with E-state index in [9.17, 15) is 4.79 Å². The first-order chi connectivity index (χ1) is 9.48. The average Bonchev–Trinajstić information content (AvgIpc) is 2.45. The number of carbonyl (C=O) groups excluding carboxylic acids is 1. The third kappa shape index (κ3) is 6.25. The molecule has 2 unspecified atom stereocenters. The summed E-state index contributed by atoms with van der Waals surface area (Å²) in [5, 5.41) is 3.18. The van der Waals surface area contributed by atoms with E-state index in [1.165, 1.54) is 32.1 Å². The smallest absolute Gasteiger partial charge is 0.223 e. The Bertz CT molecular complexity index is 289. The lowest BCUT2D eigenvalue weighted by molar-refractivity contribution is -0.126. The molecular formula is C17H34N2O. The average molecular weight is 282 g/mol. The molecule has 1 saturated carbocycles. The maximum absolute atomic E-state index is 12.3. The van der Waals surface area contributed by atoms with Crippen LogP contribution in [0.2, 0.25) is 0 Å². The molecule has 118 valence electrons. The van der Waals surface area contributed by atoms with E-state index in [0.29, 0.717) is 5.92 Å². The Morgan fingerprint density at radius 1 is 1.30 bits per heavy atom. The van der Waals surface area contributed by atoms with Crippen molar-refractivity contribution < 1.29 is 4.79 Å². The van der Waals surface area contributed by atoms with Crippen molar-refractivity contribution in [3.63, 3.8) is 0 Å². The second-order valence-corrected chi connectivity index (χ2v) is 7.30. The molecule has 1 fully saturated rings. The van der Waals surface area contributed by atoms with E-state index in [-0.39, 0.29) is 17.2 Å². The van der Waals surface area contributed by atoms with Crippen LogP contribution in [0.1, 0.15) is 72.1 Å². The highest BCUT2D eigenvalue weighted by molar-refractivity contribution is 5.78. The van der Waals surface area contributed by atoms with Crippen molar-refractivity contribution in [2.45, 2.75) is 72.1 Å². The molecule has 3 heteroatoms. The SMILES string of the molecule is CCCCCC(C)(C)CNC(=O)C1CCCC(CN)C1. The van der Waals surface area contributed by atoms with Crippen molar-refractivity contribution in [1.82, 2.24) is 5.32 Å². The van der Waals surface area contributed by atoms with E-state index in [0.717, 1.165) is 32.4 Å². The van der Waals surface area contributed by atoms with Gasteiger partial charge in [-0.25, -0.2) is 0 Å². The van der Waals surface area contributed by atoms with Crippen LogP contribution in [0, 0.1) is 17.3 Å². The maximum atomic E-state index is 12.3. The number of hydrogen-bond donors (Lipinski definition) is 2. The first kappa shape index (κ1) is 17.5. The van der Waals surface area contributed by atoms with Gasteiger partial charge in [-0.2, -0.15) is 0 Å². The van der Waals surface area contributed by atoms with Crippen LogP contribution in [0.3, 0.4) is 0 Å². The Morgan fingerprint density at radius 3 is 2.70 bits per heavy atom. The Morgan fingerprint density at radius 2 is 2.05 bits per heavy atom. The molecule has 3 nitrogen and oxygen atoms in total. The van der Waals surface area contributed by atoms with Crippen LogP contribution < -0.4 is 11.1 Å². The summed E-state index contributed by atoms with van der Waals surface area (Å²) in [7, 11) is 0. The van der Waals surface area contributed by atoms with Crippen LogP contribution in [-0.2, 0) is 4.79 Å². The van der Waals surface area contributed by atoms with Gasteiger partial charge >= 0.3 is 0 Å². The molecule has 1 aliphatic rings. The number of nitrogens with one attached hydrogen (secondary N) is 1. The predicted octanol–water partition coefficient (Wildman–Crippen LogP) is 3.47. The van der Waals surface area contributed by atoms with Gasteiger partial charge in [-0.3, -0.25) is 4.79 Å². The van der Waals surface area contributed by atoms with E-state index < -0.39 is 0 Å². The normalized spacial score (nSPS) is 23.6. The Hall–Kier alpha value is -0.570. The molecule has 0 saturated heterocycles. The third-order valence-electron chi connectivity index (χ3n) is 4.69. The van der Waals surface area contributed by atoms with E-state index in [1.54, 1.807) is 0 Å². The quantitative estimate of drug-likeness (QED) is 0.670. The van der Waals surface area contributed by atoms with Crippen molar-refractivity contribution in [3.05, 3.63) is 0 Å². The van der Waals surface area contributed by atoms with Gasteiger partial charge in [0.25, 0.3) is 0 Å². The molecule has 0 aromatic rings. The highest BCUT2D eigenvalue weighted by atomic mass is 16.1. The summed E-state index contributed by atoms with van der Waals surface area (Å²) in [5.74, 6) is 1.01. The summed E-state index contributed by atoms with van der Waals surface area (Å²) in [5.41, 5.74) is 5.96. The first-order valence-electron chi connectivity index (χ1n) is 8.46. The number of unbranched alkanes of at least 4 members (excludes halogenated alkanes) is 2. The molecule has 0 aliphatic heterocycles. The maximum Gasteiger partial charge on any atom is 0.223 e. The zero-order chi connectivity index (χ0) is 15.0. The monoisotopic (exact) mass is 282 g/mol. The lowest BCUT2D eigenvalue weighted by Gasteiger charge is -2.30. The minimum absolute atomic E-state index is 0.198. The summed E-state index contributed by atoms with van der Waals surface area (Å²) in [4.78, 5) is 12.3. The minimum Gasteiger partial charge on any atom is -0.355 e. The standard InChI is InChI=1S/C17H34N2O/c1-4-5-6-10-17(2,3)13-19-16(20)15-9-7-8-14(11-15)12-18/h14-15H,4-13,18H2,1-3H3,(H,19,20). The van der Waals surface area contributed by atoms with Crippen LogP contribution in [0.5, 0.6) is 0 Å². The highest BCUT2D eigenvalue weighted by Gasteiger charge is 2.27. The Labute approximate surface area is 125 Å². The van der Waals surface area contributed by atoms with Crippen molar-refractivity contribution in [2.75, 3.05) is 13.1 Å². The van der Waals surface area contributed by atoms with Crippen molar-refractivity contribution in [2.24, 2.45) is 23.0 Å². The van der Waals surface area contributed by atoms with Gasteiger partial charge in [0.05, 0.1) is 0 Å². The summed E-state index contributed by atoms with van der Waals surface area (Å²) in [6.45, 7) is 8.27. The molecular weight excluding hydrogens is 248 g/mol. The van der Waals surface area contributed by atoms with Gasteiger partial charge in [0.2, 0.25) is 5.91 Å². The van der Waals surface area contributed by atoms with Crippen molar-refractivity contribution >= 4 is 5.91 Å². The summed E-state index contributed by atoms with van der Waals surface area (Å²) < 4.78 is 0. The number of rotatable bonds is 8. The van der Waals surface area contributed by atoms with Gasteiger partial charge in [0, 0.05) is 12.5 Å². The molecule has 0 aromatic heterocycles. The highest BCUT2D eigenvalue weighted by Crippen LogP contribution is 2.29. The third-order valence-corrected chi connectivity index (χ3v) is 4.69.